The predicted molar refractivity (Wildman–Crippen MR) is 118 cm³/mol. The molecule has 3 rings (SSSR count). The van der Waals surface area contributed by atoms with Gasteiger partial charge in [-0.25, -0.2) is 8.42 Å². The monoisotopic (exact) mass is 488 g/mol. The van der Waals surface area contributed by atoms with E-state index in [9.17, 15) is 13.2 Å². The summed E-state index contributed by atoms with van der Waals surface area (Å²) in [6, 6.07) is 8.59. The van der Waals surface area contributed by atoms with Crippen molar-refractivity contribution >= 4 is 44.1 Å². The van der Waals surface area contributed by atoms with Gasteiger partial charge >= 0.3 is 5.51 Å². The molecule has 0 unspecified atom stereocenters. The van der Waals surface area contributed by atoms with Crippen molar-refractivity contribution < 1.29 is 35.4 Å². The highest BCUT2D eigenvalue weighted by Gasteiger charge is 2.36. The van der Waals surface area contributed by atoms with Crippen LogP contribution in [0.3, 0.4) is 0 Å². The van der Waals surface area contributed by atoms with Gasteiger partial charge in [-0.05, 0) is 62.5 Å². The van der Waals surface area contributed by atoms with Crippen molar-refractivity contribution in [3.8, 4) is 12.3 Å². The first kappa shape index (κ1) is 25.8. The van der Waals surface area contributed by atoms with E-state index in [-0.39, 0.29) is 0 Å². The van der Waals surface area contributed by atoms with Crippen molar-refractivity contribution in [2.45, 2.75) is 51.1 Å². The highest BCUT2D eigenvalue weighted by molar-refractivity contribution is 7.86. The second kappa shape index (κ2) is 10.9. The van der Waals surface area contributed by atoms with Crippen LogP contribution in [0.1, 0.15) is 37.4 Å². The van der Waals surface area contributed by atoms with Crippen molar-refractivity contribution in [2.75, 3.05) is 11.9 Å². The summed E-state index contributed by atoms with van der Waals surface area (Å²) in [5, 5.41) is 4.73. The van der Waals surface area contributed by atoms with Crippen molar-refractivity contribution in [3.05, 3.63) is 35.5 Å². The maximum absolute atomic E-state index is 10.7. The summed E-state index contributed by atoms with van der Waals surface area (Å²) in [5.74, 6) is 2.82. The number of ether oxygens (including phenoxy) is 1. The first-order valence-electron chi connectivity index (χ1n) is 9.85. The van der Waals surface area contributed by atoms with Gasteiger partial charge < -0.3 is 14.6 Å². The van der Waals surface area contributed by atoms with Gasteiger partial charge in [0.2, 0.25) is 12.1 Å². The molecule has 32 heavy (non-hydrogen) atoms. The molecule has 0 atom stereocenters. The highest BCUT2D eigenvalue weighted by atomic mass is 32.2. The molecule has 0 radical (unpaired) electrons. The largest absolute Gasteiger partial charge is 0.741 e. The first-order chi connectivity index (χ1) is 15.0. The Bertz CT molecular complexity index is 1130. The van der Waals surface area contributed by atoms with E-state index in [1.54, 1.807) is 0 Å². The lowest BCUT2D eigenvalue weighted by Gasteiger charge is -2.11. The Morgan fingerprint density at radius 3 is 2.53 bits per heavy atom. The van der Waals surface area contributed by atoms with Crippen molar-refractivity contribution in [1.82, 2.24) is 0 Å². The van der Waals surface area contributed by atoms with Gasteiger partial charge in [-0.15, -0.1) is 6.42 Å². The van der Waals surface area contributed by atoms with Gasteiger partial charge in [0.15, 0.2) is 15.8 Å². The smallest absolute Gasteiger partial charge is 0.485 e. The van der Waals surface area contributed by atoms with Gasteiger partial charge in [-0.1, -0.05) is 6.42 Å². The summed E-state index contributed by atoms with van der Waals surface area (Å²) in [6.45, 7) is 3.10. The number of hydrogen-bond donors (Lipinski definition) is 1. The molecule has 1 aromatic heterocycles. The van der Waals surface area contributed by atoms with E-state index >= 15 is 0 Å². The number of terminal acetylenes is 1. The molecule has 2 aromatic rings. The number of thiocarbonyl (C=S) groups is 1. The number of nitrogens with one attached hydrogen (secondary N) is 1. The molecule has 1 aliphatic carbocycles. The summed E-state index contributed by atoms with van der Waals surface area (Å²) in [7, 11) is -6.09. The first-order valence-corrected chi connectivity index (χ1v) is 11.7. The SMILES string of the molecule is C#CC[n+]1c2c(cc3cc(NC(=S)OCC)ccc31)CCCCC2.O=S(=O)([O-])C(F)(F)F. The fraction of sp³-hybridized carbons (Fsp3) is 0.429. The third-order valence-corrected chi connectivity index (χ3v) is 5.55. The zero-order valence-corrected chi connectivity index (χ0v) is 19.0. The third kappa shape index (κ3) is 6.79. The average molecular weight is 489 g/mol. The van der Waals surface area contributed by atoms with Crippen LogP contribution in [0.15, 0.2) is 24.3 Å². The van der Waals surface area contributed by atoms with Crippen LogP contribution in [0, 0.1) is 12.3 Å². The number of hydrogen-bond acceptors (Lipinski definition) is 5. The standard InChI is InChI=1S/C20H22N2OS.CHF3O3S/c1-3-12-22-18-9-7-5-6-8-15(18)13-16-14-17(10-11-19(16)22)21-20(24)23-4-2;2-1(3,4)8(5,6)7/h1,10-11,13-14H,4-9,12H2,2H3;(H,5,6,7). The second-order valence-electron chi connectivity index (χ2n) is 6.99. The van der Waals surface area contributed by atoms with E-state index in [4.69, 9.17) is 36.3 Å². The molecule has 1 heterocycles. The number of aromatic nitrogens is 1. The third-order valence-electron chi connectivity index (χ3n) is 4.76. The van der Waals surface area contributed by atoms with Gasteiger partial charge in [0.25, 0.3) is 5.17 Å². The van der Waals surface area contributed by atoms with Crippen molar-refractivity contribution in [3.63, 3.8) is 0 Å². The topological polar surface area (TPSA) is 82.3 Å². The van der Waals surface area contributed by atoms with Gasteiger partial charge in [0, 0.05) is 29.1 Å². The Kier molecular flexibility index (Phi) is 8.83. The quantitative estimate of drug-likeness (QED) is 0.177. The summed E-state index contributed by atoms with van der Waals surface area (Å²) in [4.78, 5) is 0. The molecule has 0 spiro atoms. The van der Waals surface area contributed by atoms with Crippen molar-refractivity contribution in [2.24, 2.45) is 0 Å². The Labute approximate surface area is 190 Å². The van der Waals surface area contributed by atoms with Crippen LogP contribution in [0.25, 0.3) is 10.9 Å². The summed E-state index contributed by atoms with van der Waals surface area (Å²) >= 11 is 5.18. The minimum Gasteiger partial charge on any atom is -0.741 e. The predicted octanol–water partition coefficient (Wildman–Crippen LogP) is 3.81. The number of anilines is 1. The zero-order valence-electron chi connectivity index (χ0n) is 17.4. The van der Waals surface area contributed by atoms with Crippen LogP contribution >= 0.6 is 12.2 Å². The highest BCUT2D eigenvalue weighted by Crippen LogP contribution is 2.25. The minimum atomic E-state index is -6.09. The van der Waals surface area contributed by atoms with E-state index in [1.807, 2.05) is 13.0 Å². The van der Waals surface area contributed by atoms with E-state index in [2.05, 4.69) is 34.0 Å². The van der Waals surface area contributed by atoms with Gasteiger partial charge in [-0.3, -0.25) is 0 Å². The molecule has 0 amide bonds. The molecule has 11 heteroatoms. The molecule has 1 aliphatic rings. The fourth-order valence-corrected chi connectivity index (χ4v) is 3.67. The molecule has 0 aliphatic heterocycles. The number of fused-ring (bicyclic) bond motifs is 2. The number of nitrogens with zero attached hydrogens (tertiary/aromatic N) is 1. The number of benzene rings is 1. The Morgan fingerprint density at radius 1 is 1.28 bits per heavy atom. The minimum absolute atomic E-state index is 0.406. The molecule has 6 nitrogen and oxygen atoms in total. The molecule has 0 fully saturated rings. The zero-order chi connectivity index (χ0) is 23.9. The number of pyridine rings is 1. The normalized spacial score (nSPS) is 13.8. The van der Waals surface area contributed by atoms with E-state index in [0.29, 0.717) is 18.3 Å². The van der Waals surface area contributed by atoms with Crippen LogP contribution in [0.4, 0.5) is 18.9 Å². The maximum atomic E-state index is 10.7. The van der Waals surface area contributed by atoms with Crippen LogP contribution in [-0.2, 0) is 34.2 Å². The van der Waals surface area contributed by atoms with Gasteiger partial charge in [-0.2, -0.15) is 17.7 Å². The van der Waals surface area contributed by atoms with E-state index in [0.717, 1.165) is 18.5 Å². The molecule has 0 saturated carbocycles. The van der Waals surface area contributed by atoms with Crippen LogP contribution in [-0.4, -0.2) is 30.3 Å². The molecule has 1 aromatic carbocycles. The van der Waals surface area contributed by atoms with Crippen molar-refractivity contribution in [1.29, 1.82) is 0 Å². The molecule has 174 valence electrons. The average Bonchev–Trinajstić information content (AvgIpc) is 2.92. The Morgan fingerprint density at radius 2 is 1.94 bits per heavy atom. The molecular weight excluding hydrogens is 465 g/mol. The summed E-state index contributed by atoms with van der Waals surface area (Å²) in [5.41, 5.74) is -0.681. The lowest BCUT2D eigenvalue weighted by Crippen LogP contribution is -2.40. The number of aryl methyl sites for hydroxylation is 1. The molecule has 1 N–H and O–H groups in total. The molecule has 0 bridgehead atoms. The Hall–Kier alpha value is -2.42. The van der Waals surface area contributed by atoms with E-state index < -0.39 is 15.6 Å². The number of halogens is 3. The number of alkyl halides is 3. The van der Waals surface area contributed by atoms with Crippen LogP contribution in [0.2, 0.25) is 0 Å². The second-order valence-corrected chi connectivity index (χ2v) is 8.73. The van der Waals surface area contributed by atoms with Crippen LogP contribution in [0.5, 0.6) is 0 Å². The maximum Gasteiger partial charge on any atom is 0.485 e. The lowest BCUT2D eigenvalue weighted by molar-refractivity contribution is -0.666. The van der Waals surface area contributed by atoms with Gasteiger partial charge in [0.1, 0.15) is 0 Å². The lowest BCUT2D eigenvalue weighted by atomic mass is 10.0. The van der Waals surface area contributed by atoms with Gasteiger partial charge in [0.05, 0.1) is 6.61 Å². The Balaban J connectivity index is 0.000000390. The fourth-order valence-electron chi connectivity index (χ4n) is 3.44. The van der Waals surface area contributed by atoms with E-state index in [1.165, 1.54) is 41.4 Å². The molecule has 0 saturated heterocycles. The molecular formula is C21H23F3N2O4S2. The van der Waals surface area contributed by atoms with Crippen LogP contribution < -0.4 is 9.88 Å². The summed E-state index contributed by atoms with van der Waals surface area (Å²) < 4.78 is 66.5. The number of rotatable bonds is 3. The summed E-state index contributed by atoms with van der Waals surface area (Å²) in [6.07, 6.45) is 11.7.